The van der Waals surface area contributed by atoms with Crippen molar-refractivity contribution < 1.29 is 4.79 Å². The van der Waals surface area contributed by atoms with Gasteiger partial charge in [-0.3, -0.25) is 9.89 Å². The maximum Gasteiger partial charge on any atom is 0.224 e. The highest BCUT2D eigenvalue weighted by Gasteiger charge is 2.15. The molecule has 1 heterocycles. The van der Waals surface area contributed by atoms with Crippen molar-refractivity contribution in [3.8, 4) is 0 Å². The van der Waals surface area contributed by atoms with E-state index in [1.54, 1.807) is 6.20 Å². The summed E-state index contributed by atoms with van der Waals surface area (Å²) in [7, 11) is 0. The molecule has 0 bridgehead atoms. The zero-order valence-electron chi connectivity index (χ0n) is 10.4. The Bertz CT molecular complexity index is 537. The Kier molecular flexibility index (Phi) is 2.88. The van der Waals surface area contributed by atoms with Crippen LogP contribution in [0.25, 0.3) is 10.9 Å². The highest BCUT2D eigenvalue weighted by molar-refractivity contribution is 5.93. The largest absolute Gasteiger partial charge is 0.326 e. The molecule has 4 heteroatoms. The number of amides is 1. The molecule has 0 atom stereocenters. The van der Waals surface area contributed by atoms with Crippen LogP contribution in [0.15, 0.2) is 24.4 Å². The number of aromatic nitrogens is 2. The van der Waals surface area contributed by atoms with Crippen LogP contribution in [0.1, 0.15) is 27.2 Å². The van der Waals surface area contributed by atoms with Crippen molar-refractivity contribution in [1.29, 1.82) is 0 Å². The van der Waals surface area contributed by atoms with Crippen molar-refractivity contribution in [1.82, 2.24) is 10.2 Å². The number of aromatic amines is 1. The van der Waals surface area contributed by atoms with E-state index in [4.69, 9.17) is 0 Å². The second-order valence-electron chi connectivity index (χ2n) is 5.46. The second kappa shape index (κ2) is 4.20. The summed E-state index contributed by atoms with van der Waals surface area (Å²) in [6.07, 6.45) is 2.26. The Hall–Kier alpha value is -1.84. The Morgan fingerprint density at radius 2 is 2.18 bits per heavy atom. The number of H-pyrrole nitrogens is 1. The minimum absolute atomic E-state index is 0.00379. The van der Waals surface area contributed by atoms with Crippen LogP contribution in [0, 0.1) is 5.41 Å². The van der Waals surface area contributed by atoms with Crippen LogP contribution in [-0.2, 0) is 4.79 Å². The van der Waals surface area contributed by atoms with E-state index in [1.807, 2.05) is 39.0 Å². The van der Waals surface area contributed by atoms with Gasteiger partial charge in [-0.05, 0) is 23.6 Å². The molecule has 2 aromatic rings. The number of rotatable bonds is 2. The summed E-state index contributed by atoms with van der Waals surface area (Å²) in [4.78, 5) is 11.8. The first-order valence-electron chi connectivity index (χ1n) is 5.67. The van der Waals surface area contributed by atoms with E-state index in [1.165, 1.54) is 0 Å². The van der Waals surface area contributed by atoms with Crippen LogP contribution in [0.3, 0.4) is 0 Å². The van der Waals surface area contributed by atoms with Crippen molar-refractivity contribution in [2.45, 2.75) is 27.2 Å². The molecule has 17 heavy (non-hydrogen) atoms. The Morgan fingerprint density at radius 1 is 1.41 bits per heavy atom. The molecule has 1 aromatic carbocycles. The monoisotopic (exact) mass is 231 g/mol. The molecular weight excluding hydrogens is 214 g/mol. The topological polar surface area (TPSA) is 57.8 Å². The average molecular weight is 231 g/mol. The number of fused-ring (bicyclic) bond motifs is 1. The molecule has 0 saturated heterocycles. The number of benzene rings is 1. The van der Waals surface area contributed by atoms with Gasteiger partial charge in [0.1, 0.15) is 0 Å². The molecule has 0 aliphatic heterocycles. The van der Waals surface area contributed by atoms with Crippen LogP contribution in [0.4, 0.5) is 5.69 Å². The molecule has 2 N–H and O–H groups in total. The first kappa shape index (κ1) is 11.6. The molecule has 0 spiro atoms. The number of hydrogen-bond donors (Lipinski definition) is 2. The molecule has 4 nitrogen and oxygen atoms in total. The summed E-state index contributed by atoms with van der Waals surface area (Å²) < 4.78 is 0. The maximum absolute atomic E-state index is 11.8. The highest BCUT2D eigenvalue weighted by Crippen LogP contribution is 2.21. The van der Waals surface area contributed by atoms with E-state index in [9.17, 15) is 4.79 Å². The van der Waals surface area contributed by atoms with E-state index in [0.717, 1.165) is 16.6 Å². The van der Waals surface area contributed by atoms with Crippen LogP contribution in [0.5, 0.6) is 0 Å². The van der Waals surface area contributed by atoms with Crippen LogP contribution in [-0.4, -0.2) is 16.1 Å². The number of nitrogens with zero attached hydrogens (tertiary/aromatic N) is 1. The van der Waals surface area contributed by atoms with Crippen LogP contribution in [0.2, 0.25) is 0 Å². The first-order chi connectivity index (χ1) is 7.94. The predicted molar refractivity (Wildman–Crippen MR) is 68.8 cm³/mol. The molecule has 90 valence electrons. The summed E-state index contributed by atoms with van der Waals surface area (Å²) >= 11 is 0. The smallest absolute Gasteiger partial charge is 0.224 e. The number of nitrogens with one attached hydrogen (secondary N) is 2. The van der Waals surface area contributed by atoms with Crippen molar-refractivity contribution >= 4 is 22.5 Å². The van der Waals surface area contributed by atoms with Crippen molar-refractivity contribution in [2.24, 2.45) is 5.41 Å². The number of hydrogen-bond acceptors (Lipinski definition) is 2. The SMILES string of the molecule is CC(C)(C)CC(=O)Nc1ccc2[nH]ncc2c1. The van der Waals surface area contributed by atoms with Gasteiger partial charge in [0.05, 0.1) is 11.7 Å². The average Bonchev–Trinajstić information content (AvgIpc) is 2.61. The van der Waals surface area contributed by atoms with Gasteiger partial charge in [0.15, 0.2) is 0 Å². The molecule has 0 radical (unpaired) electrons. The van der Waals surface area contributed by atoms with Gasteiger partial charge in [-0.2, -0.15) is 5.10 Å². The fraction of sp³-hybridized carbons (Fsp3) is 0.385. The number of carbonyl (C=O) groups excluding carboxylic acids is 1. The Labute approximate surface area is 100 Å². The standard InChI is InChI=1S/C13H17N3O/c1-13(2,3)7-12(17)15-10-4-5-11-9(6-10)8-14-16-11/h4-6,8H,7H2,1-3H3,(H,14,16)(H,15,17). The van der Waals surface area contributed by atoms with Crippen molar-refractivity contribution in [3.63, 3.8) is 0 Å². The fourth-order valence-electron chi connectivity index (χ4n) is 1.71. The molecule has 0 fully saturated rings. The lowest BCUT2D eigenvalue weighted by Gasteiger charge is -2.17. The maximum atomic E-state index is 11.8. The third kappa shape index (κ3) is 3.06. The van der Waals surface area contributed by atoms with E-state index < -0.39 is 0 Å². The number of carbonyl (C=O) groups is 1. The summed E-state index contributed by atoms with van der Waals surface area (Å²) in [5.41, 5.74) is 1.79. The summed E-state index contributed by atoms with van der Waals surface area (Å²) in [6, 6.07) is 5.70. The molecule has 0 saturated carbocycles. The zero-order valence-corrected chi connectivity index (χ0v) is 10.4. The third-order valence-electron chi connectivity index (χ3n) is 2.41. The molecule has 0 aliphatic carbocycles. The van der Waals surface area contributed by atoms with Gasteiger partial charge < -0.3 is 5.32 Å². The third-order valence-corrected chi connectivity index (χ3v) is 2.41. The normalized spacial score (nSPS) is 11.7. The lowest BCUT2D eigenvalue weighted by molar-refractivity contribution is -0.117. The first-order valence-corrected chi connectivity index (χ1v) is 5.67. The molecule has 0 aliphatic rings. The molecule has 2 rings (SSSR count). The highest BCUT2D eigenvalue weighted by atomic mass is 16.1. The van der Waals surface area contributed by atoms with E-state index in [-0.39, 0.29) is 11.3 Å². The van der Waals surface area contributed by atoms with Crippen LogP contribution < -0.4 is 5.32 Å². The minimum Gasteiger partial charge on any atom is -0.326 e. The van der Waals surface area contributed by atoms with E-state index in [0.29, 0.717) is 6.42 Å². The lowest BCUT2D eigenvalue weighted by Crippen LogP contribution is -2.19. The van der Waals surface area contributed by atoms with Gasteiger partial charge in [0.2, 0.25) is 5.91 Å². The quantitative estimate of drug-likeness (QED) is 0.834. The lowest BCUT2D eigenvalue weighted by atomic mass is 9.92. The van der Waals surface area contributed by atoms with Gasteiger partial charge >= 0.3 is 0 Å². The Morgan fingerprint density at radius 3 is 2.88 bits per heavy atom. The molecular formula is C13H17N3O. The van der Waals surface area contributed by atoms with Gasteiger partial charge in [-0.15, -0.1) is 0 Å². The number of anilines is 1. The minimum atomic E-state index is 0.00379. The predicted octanol–water partition coefficient (Wildman–Crippen LogP) is 2.94. The van der Waals surface area contributed by atoms with Crippen molar-refractivity contribution in [3.05, 3.63) is 24.4 Å². The second-order valence-corrected chi connectivity index (χ2v) is 5.46. The molecule has 1 aromatic heterocycles. The van der Waals surface area contributed by atoms with E-state index >= 15 is 0 Å². The van der Waals surface area contributed by atoms with Crippen molar-refractivity contribution in [2.75, 3.05) is 5.32 Å². The molecule has 1 amide bonds. The fourth-order valence-corrected chi connectivity index (χ4v) is 1.71. The van der Waals surface area contributed by atoms with Gasteiger partial charge in [-0.25, -0.2) is 0 Å². The summed E-state index contributed by atoms with van der Waals surface area (Å²) in [5, 5.41) is 10.7. The van der Waals surface area contributed by atoms with Gasteiger partial charge in [0.25, 0.3) is 0 Å². The van der Waals surface area contributed by atoms with Gasteiger partial charge in [0, 0.05) is 17.5 Å². The zero-order chi connectivity index (χ0) is 12.5. The van der Waals surface area contributed by atoms with E-state index in [2.05, 4.69) is 15.5 Å². The Balaban J connectivity index is 2.10. The van der Waals surface area contributed by atoms with Crippen LogP contribution >= 0.6 is 0 Å². The summed E-state index contributed by atoms with van der Waals surface area (Å²) in [6.45, 7) is 6.14. The van der Waals surface area contributed by atoms with Gasteiger partial charge in [-0.1, -0.05) is 20.8 Å². The summed E-state index contributed by atoms with van der Waals surface area (Å²) in [5.74, 6) is 0.0420. The molecule has 0 unspecified atom stereocenters.